The minimum atomic E-state index is -0.524. The maximum absolute atomic E-state index is 6.07. The Balaban J connectivity index is 3.06. The van der Waals surface area contributed by atoms with Gasteiger partial charge in [0, 0.05) is 20.8 Å². The van der Waals surface area contributed by atoms with Crippen molar-refractivity contribution < 1.29 is 9.47 Å². The average molecular weight is 249 g/mol. The summed E-state index contributed by atoms with van der Waals surface area (Å²) >= 11 is 6.07. The van der Waals surface area contributed by atoms with Crippen LogP contribution in [0.4, 0.5) is 0 Å². The number of methoxy groups -OCH3 is 2. The molecule has 0 fully saturated rings. The lowest BCUT2D eigenvalue weighted by molar-refractivity contribution is -0.125. The lowest BCUT2D eigenvalue weighted by Crippen LogP contribution is -2.40. The summed E-state index contributed by atoms with van der Waals surface area (Å²) in [7, 11) is 3.08. The first kappa shape index (κ1) is 13.4. The molecule has 92 valence electrons. The van der Waals surface area contributed by atoms with E-state index >= 15 is 0 Å². The average Bonchev–Trinajstić information content (AvgIpc) is 2.67. The molecule has 1 unspecified atom stereocenters. The highest BCUT2D eigenvalue weighted by atomic mass is 35.5. The van der Waals surface area contributed by atoms with Crippen LogP contribution in [0.15, 0.2) is 6.20 Å². The lowest BCUT2D eigenvalue weighted by atomic mass is 10.2. The summed E-state index contributed by atoms with van der Waals surface area (Å²) in [5.74, 6) is 5.50. The van der Waals surface area contributed by atoms with Crippen LogP contribution in [0.25, 0.3) is 0 Å². The van der Waals surface area contributed by atoms with E-state index in [0.717, 1.165) is 5.69 Å². The summed E-state index contributed by atoms with van der Waals surface area (Å²) in [5.41, 5.74) is 3.38. The van der Waals surface area contributed by atoms with Crippen molar-refractivity contribution in [1.82, 2.24) is 15.2 Å². The fourth-order valence-electron chi connectivity index (χ4n) is 1.59. The third-order valence-corrected chi connectivity index (χ3v) is 2.63. The number of halogens is 1. The molecular weight excluding hydrogens is 232 g/mol. The molecule has 0 spiro atoms. The van der Waals surface area contributed by atoms with Gasteiger partial charge in [0.15, 0.2) is 6.29 Å². The zero-order valence-electron chi connectivity index (χ0n) is 9.61. The van der Waals surface area contributed by atoms with Crippen molar-refractivity contribution >= 4 is 11.6 Å². The first-order valence-electron chi connectivity index (χ1n) is 4.92. The number of hydrazine groups is 1. The first-order valence-corrected chi connectivity index (χ1v) is 5.30. The molecule has 3 N–H and O–H groups in total. The number of hydrogen-bond acceptors (Lipinski definition) is 5. The van der Waals surface area contributed by atoms with Gasteiger partial charge >= 0.3 is 0 Å². The van der Waals surface area contributed by atoms with Gasteiger partial charge in [0.1, 0.15) is 6.04 Å². The molecule has 7 heteroatoms. The number of ether oxygens (including phenoxy) is 2. The predicted octanol–water partition coefficient (Wildman–Crippen LogP) is 0.680. The Morgan fingerprint density at radius 3 is 2.62 bits per heavy atom. The van der Waals surface area contributed by atoms with Crippen LogP contribution in [0.3, 0.4) is 0 Å². The van der Waals surface area contributed by atoms with Crippen LogP contribution >= 0.6 is 11.6 Å². The minimum Gasteiger partial charge on any atom is -0.354 e. The maximum atomic E-state index is 6.07. The summed E-state index contributed by atoms with van der Waals surface area (Å²) < 4.78 is 12.1. The van der Waals surface area contributed by atoms with Crippen molar-refractivity contribution in [3.05, 3.63) is 16.9 Å². The summed E-state index contributed by atoms with van der Waals surface area (Å²) in [4.78, 5) is 0. The smallest absolute Gasteiger partial charge is 0.179 e. The molecule has 0 aliphatic heterocycles. The Bertz CT molecular complexity index is 327. The van der Waals surface area contributed by atoms with Crippen molar-refractivity contribution in [3.8, 4) is 0 Å². The zero-order chi connectivity index (χ0) is 12.1. The molecule has 0 saturated carbocycles. The molecule has 1 aromatic rings. The third kappa shape index (κ3) is 2.53. The Labute approximate surface area is 99.6 Å². The number of nitrogens with two attached hydrogens (primary N) is 1. The predicted molar refractivity (Wildman–Crippen MR) is 60.8 cm³/mol. The second kappa shape index (κ2) is 6.17. The van der Waals surface area contributed by atoms with Crippen LogP contribution < -0.4 is 11.3 Å². The monoisotopic (exact) mass is 248 g/mol. The molecule has 0 saturated heterocycles. The number of nitrogens with one attached hydrogen (secondary N) is 1. The van der Waals surface area contributed by atoms with E-state index in [9.17, 15) is 0 Å². The Hall–Kier alpha value is -0.660. The van der Waals surface area contributed by atoms with E-state index in [0.29, 0.717) is 11.6 Å². The first-order chi connectivity index (χ1) is 7.69. The maximum Gasteiger partial charge on any atom is 0.179 e. The number of aromatic nitrogens is 2. The highest BCUT2D eigenvalue weighted by Gasteiger charge is 2.27. The highest BCUT2D eigenvalue weighted by molar-refractivity contribution is 6.31. The molecule has 1 atom stereocenters. The van der Waals surface area contributed by atoms with E-state index in [1.807, 2.05) is 6.92 Å². The van der Waals surface area contributed by atoms with Gasteiger partial charge in [-0.15, -0.1) is 0 Å². The Kier molecular flexibility index (Phi) is 5.17. The summed E-state index contributed by atoms with van der Waals surface area (Å²) in [5, 5.41) is 4.66. The van der Waals surface area contributed by atoms with Crippen LogP contribution in [0.1, 0.15) is 18.7 Å². The van der Waals surface area contributed by atoms with Crippen molar-refractivity contribution in [3.63, 3.8) is 0 Å². The molecule has 0 amide bonds. The van der Waals surface area contributed by atoms with Crippen LogP contribution in [0, 0.1) is 0 Å². The summed E-state index contributed by atoms with van der Waals surface area (Å²) in [6, 6.07) is -0.370. The molecule has 0 radical (unpaired) electrons. The fraction of sp³-hybridized carbons (Fsp3) is 0.667. The molecular formula is C9H17ClN4O2. The van der Waals surface area contributed by atoms with Gasteiger partial charge in [-0.05, 0) is 6.92 Å². The van der Waals surface area contributed by atoms with E-state index < -0.39 is 6.29 Å². The van der Waals surface area contributed by atoms with Crippen molar-refractivity contribution in [1.29, 1.82) is 0 Å². The molecule has 16 heavy (non-hydrogen) atoms. The van der Waals surface area contributed by atoms with E-state index in [-0.39, 0.29) is 6.04 Å². The van der Waals surface area contributed by atoms with Crippen LogP contribution in [0.2, 0.25) is 5.02 Å². The normalized spacial score (nSPS) is 13.4. The molecule has 1 rings (SSSR count). The lowest BCUT2D eigenvalue weighted by Gasteiger charge is -2.24. The Morgan fingerprint density at radius 1 is 1.56 bits per heavy atom. The summed E-state index contributed by atoms with van der Waals surface area (Å²) in [6.45, 7) is 2.66. The van der Waals surface area contributed by atoms with Gasteiger partial charge in [-0.3, -0.25) is 10.5 Å². The molecule has 6 nitrogen and oxygen atoms in total. The quantitative estimate of drug-likeness (QED) is 0.440. The number of nitrogens with zero attached hydrogens (tertiary/aromatic N) is 2. The number of hydrogen-bond donors (Lipinski definition) is 2. The van der Waals surface area contributed by atoms with E-state index in [4.69, 9.17) is 26.9 Å². The third-order valence-electron chi connectivity index (χ3n) is 2.34. The molecule has 1 heterocycles. The van der Waals surface area contributed by atoms with Crippen LogP contribution in [-0.4, -0.2) is 30.3 Å². The van der Waals surface area contributed by atoms with E-state index in [1.165, 1.54) is 0 Å². The van der Waals surface area contributed by atoms with Crippen LogP contribution in [-0.2, 0) is 16.0 Å². The highest BCUT2D eigenvalue weighted by Crippen LogP contribution is 2.26. The standard InChI is InChI=1S/C9H17ClN4O2/c1-4-14-8(6(10)5-12-14)7(13-11)9(15-2)16-3/h5,7,9,13H,4,11H2,1-3H3. The molecule has 0 aromatic carbocycles. The van der Waals surface area contributed by atoms with E-state index in [1.54, 1.807) is 25.1 Å². The van der Waals surface area contributed by atoms with Crippen LogP contribution in [0.5, 0.6) is 0 Å². The summed E-state index contributed by atoms with van der Waals surface area (Å²) in [6.07, 6.45) is 1.05. The SMILES string of the molecule is CCn1ncc(Cl)c1C(NN)C(OC)OC. The van der Waals surface area contributed by atoms with Crippen molar-refractivity contribution in [2.45, 2.75) is 25.8 Å². The van der Waals surface area contributed by atoms with Crippen molar-refractivity contribution in [2.24, 2.45) is 5.84 Å². The van der Waals surface area contributed by atoms with Gasteiger partial charge in [-0.2, -0.15) is 5.10 Å². The fourth-order valence-corrected chi connectivity index (χ4v) is 1.85. The molecule has 0 aliphatic rings. The van der Waals surface area contributed by atoms with Crippen molar-refractivity contribution in [2.75, 3.05) is 14.2 Å². The molecule has 1 aromatic heterocycles. The minimum absolute atomic E-state index is 0.370. The topological polar surface area (TPSA) is 74.3 Å². The Morgan fingerprint density at radius 2 is 2.19 bits per heavy atom. The second-order valence-electron chi connectivity index (χ2n) is 3.18. The van der Waals surface area contributed by atoms with Gasteiger partial charge in [-0.1, -0.05) is 11.6 Å². The number of aryl methyl sites for hydroxylation is 1. The number of rotatable bonds is 6. The molecule has 0 bridgehead atoms. The van der Waals surface area contributed by atoms with Gasteiger partial charge in [-0.25, -0.2) is 5.43 Å². The second-order valence-corrected chi connectivity index (χ2v) is 3.58. The molecule has 0 aliphatic carbocycles. The van der Waals surface area contributed by atoms with E-state index in [2.05, 4.69) is 10.5 Å². The zero-order valence-corrected chi connectivity index (χ0v) is 10.4. The van der Waals surface area contributed by atoms with Gasteiger partial charge in [0.25, 0.3) is 0 Å². The van der Waals surface area contributed by atoms with Gasteiger partial charge in [0.2, 0.25) is 0 Å². The van der Waals surface area contributed by atoms with Gasteiger partial charge < -0.3 is 9.47 Å². The van der Waals surface area contributed by atoms with Gasteiger partial charge in [0.05, 0.1) is 16.9 Å². The largest absolute Gasteiger partial charge is 0.354 e.